The van der Waals surface area contributed by atoms with Crippen LogP contribution in [0.5, 0.6) is 17.2 Å². The molecule has 0 saturated heterocycles. The van der Waals surface area contributed by atoms with Gasteiger partial charge in [0.1, 0.15) is 17.2 Å². The van der Waals surface area contributed by atoms with Crippen LogP contribution in [-0.2, 0) is 16.5 Å². The van der Waals surface area contributed by atoms with Gasteiger partial charge in [-0.15, -0.1) is 0 Å². The molecule has 0 aromatic heterocycles. The van der Waals surface area contributed by atoms with Gasteiger partial charge in [-0.1, -0.05) is 70.8 Å². The molecule has 0 unspecified atom stereocenters. The van der Waals surface area contributed by atoms with Crippen LogP contribution < -0.4 is 4.74 Å². The fourth-order valence-corrected chi connectivity index (χ4v) is 3.92. The summed E-state index contributed by atoms with van der Waals surface area (Å²) in [6.07, 6.45) is 13.7. The standard InChI is InChI=1S/C24H34O5S/c1-2-3-4-5-6-7-8-9-10-11-12-20-13-14-22(19-24(20)25)29-21-15-17-23(18-16-21)30(26,27)28/h13-19,25H,2-12H2,1H3,(H,26,27,28). The van der Waals surface area contributed by atoms with Crippen LogP contribution in [0.1, 0.15) is 76.7 Å². The fraction of sp³-hybridized carbons (Fsp3) is 0.500. The van der Waals surface area contributed by atoms with Gasteiger partial charge in [0.15, 0.2) is 0 Å². The number of unbranched alkanes of at least 4 members (excludes halogenated alkanes) is 9. The molecule has 2 rings (SSSR count). The Balaban J connectivity index is 1.71. The maximum Gasteiger partial charge on any atom is 0.294 e. The monoisotopic (exact) mass is 434 g/mol. The highest BCUT2D eigenvalue weighted by Crippen LogP contribution is 2.29. The SMILES string of the molecule is CCCCCCCCCCCCc1ccc(Oc2ccc(S(=O)(=O)O)cc2)cc1O. The zero-order valence-corrected chi connectivity index (χ0v) is 18.7. The van der Waals surface area contributed by atoms with Gasteiger partial charge in [-0.2, -0.15) is 8.42 Å². The Kier molecular flexibility index (Phi) is 10.2. The lowest BCUT2D eigenvalue weighted by atomic mass is 10.0. The largest absolute Gasteiger partial charge is 0.508 e. The van der Waals surface area contributed by atoms with E-state index in [1.807, 2.05) is 6.07 Å². The number of ether oxygens (including phenoxy) is 1. The van der Waals surface area contributed by atoms with Crippen molar-refractivity contribution in [2.24, 2.45) is 0 Å². The topological polar surface area (TPSA) is 83.8 Å². The van der Waals surface area contributed by atoms with Crippen LogP contribution in [-0.4, -0.2) is 18.1 Å². The average molecular weight is 435 g/mol. The van der Waals surface area contributed by atoms with Crippen LogP contribution in [0, 0.1) is 0 Å². The van der Waals surface area contributed by atoms with Gasteiger partial charge >= 0.3 is 0 Å². The molecule has 0 aliphatic heterocycles. The molecule has 2 aromatic carbocycles. The second kappa shape index (κ2) is 12.6. The van der Waals surface area contributed by atoms with Gasteiger partial charge in [-0.3, -0.25) is 4.55 Å². The number of aryl methyl sites for hydroxylation is 1. The van der Waals surface area contributed by atoms with Crippen molar-refractivity contribution in [1.82, 2.24) is 0 Å². The first-order valence-electron chi connectivity index (χ1n) is 11.0. The van der Waals surface area contributed by atoms with E-state index < -0.39 is 10.1 Å². The van der Waals surface area contributed by atoms with Crippen molar-refractivity contribution < 1.29 is 22.8 Å². The zero-order chi connectivity index (χ0) is 21.8. The van der Waals surface area contributed by atoms with Gasteiger partial charge in [0, 0.05) is 6.07 Å². The lowest BCUT2D eigenvalue weighted by Gasteiger charge is -2.09. The third-order valence-electron chi connectivity index (χ3n) is 5.21. The third-order valence-corrected chi connectivity index (χ3v) is 6.08. The van der Waals surface area contributed by atoms with Crippen molar-refractivity contribution >= 4 is 10.1 Å². The molecule has 0 radical (unpaired) electrons. The summed E-state index contributed by atoms with van der Waals surface area (Å²) in [5.74, 6) is 1.10. The quantitative estimate of drug-likeness (QED) is 0.250. The molecule has 0 aliphatic rings. The summed E-state index contributed by atoms with van der Waals surface area (Å²) in [6, 6.07) is 10.7. The van der Waals surface area contributed by atoms with E-state index in [-0.39, 0.29) is 10.6 Å². The minimum absolute atomic E-state index is 0.190. The highest BCUT2D eigenvalue weighted by molar-refractivity contribution is 7.85. The average Bonchev–Trinajstić information content (AvgIpc) is 2.70. The fourth-order valence-electron chi connectivity index (χ4n) is 3.44. The molecule has 0 aliphatic carbocycles. The summed E-state index contributed by atoms with van der Waals surface area (Å²) in [4.78, 5) is -0.190. The molecule has 2 N–H and O–H groups in total. The third kappa shape index (κ3) is 8.76. The van der Waals surface area contributed by atoms with E-state index >= 15 is 0 Å². The maximum absolute atomic E-state index is 11.1. The summed E-state index contributed by atoms with van der Waals surface area (Å²) in [6.45, 7) is 2.24. The Morgan fingerprint density at radius 2 is 1.30 bits per heavy atom. The molecule has 0 saturated carbocycles. The summed E-state index contributed by atoms with van der Waals surface area (Å²) in [7, 11) is -4.22. The van der Waals surface area contributed by atoms with Crippen LogP contribution in [0.15, 0.2) is 47.4 Å². The Hall–Kier alpha value is -2.05. The molecule has 2 aromatic rings. The van der Waals surface area contributed by atoms with Crippen molar-refractivity contribution in [2.75, 3.05) is 0 Å². The molecule has 0 spiro atoms. The first-order valence-corrected chi connectivity index (χ1v) is 12.4. The van der Waals surface area contributed by atoms with Crippen molar-refractivity contribution in [3.05, 3.63) is 48.0 Å². The Morgan fingerprint density at radius 1 is 0.767 bits per heavy atom. The minimum Gasteiger partial charge on any atom is -0.508 e. The predicted molar refractivity (Wildman–Crippen MR) is 120 cm³/mol. The highest BCUT2D eigenvalue weighted by Gasteiger charge is 2.10. The van der Waals surface area contributed by atoms with E-state index in [4.69, 9.17) is 9.29 Å². The molecular formula is C24H34O5S. The number of phenolic OH excluding ortho intramolecular Hbond substituents is 1. The van der Waals surface area contributed by atoms with E-state index in [0.29, 0.717) is 11.5 Å². The molecule has 0 atom stereocenters. The van der Waals surface area contributed by atoms with Gasteiger partial charge < -0.3 is 9.84 Å². The summed E-state index contributed by atoms with van der Waals surface area (Å²) < 4.78 is 36.8. The molecule has 6 heteroatoms. The Morgan fingerprint density at radius 3 is 1.83 bits per heavy atom. The van der Waals surface area contributed by atoms with Crippen LogP contribution in [0.3, 0.4) is 0 Å². The van der Waals surface area contributed by atoms with Crippen LogP contribution in [0.2, 0.25) is 0 Å². The lowest BCUT2D eigenvalue weighted by molar-refractivity contribution is 0.448. The van der Waals surface area contributed by atoms with E-state index in [1.165, 1.54) is 82.1 Å². The van der Waals surface area contributed by atoms with Crippen molar-refractivity contribution in [3.8, 4) is 17.2 Å². The first kappa shape index (κ1) is 24.2. The Labute approximate surface area is 180 Å². The number of hydrogen-bond donors (Lipinski definition) is 2. The van der Waals surface area contributed by atoms with Crippen LogP contribution in [0.4, 0.5) is 0 Å². The van der Waals surface area contributed by atoms with Gasteiger partial charge in [0.05, 0.1) is 4.90 Å². The van der Waals surface area contributed by atoms with E-state index in [0.717, 1.165) is 18.4 Å². The number of aromatic hydroxyl groups is 1. The number of benzene rings is 2. The highest BCUT2D eigenvalue weighted by atomic mass is 32.2. The minimum atomic E-state index is -4.22. The van der Waals surface area contributed by atoms with Gasteiger partial charge in [0.25, 0.3) is 10.1 Å². The van der Waals surface area contributed by atoms with Crippen molar-refractivity contribution in [2.45, 2.75) is 82.4 Å². The Bertz CT molecular complexity index is 860. The maximum atomic E-state index is 11.1. The van der Waals surface area contributed by atoms with Crippen LogP contribution >= 0.6 is 0 Å². The van der Waals surface area contributed by atoms with E-state index in [2.05, 4.69) is 6.92 Å². The lowest BCUT2D eigenvalue weighted by Crippen LogP contribution is -1.97. The molecule has 5 nitrogen and oxygen atoms in total. The predicted octanol–water partition coefficient (Wildman–Crippen LogP) is 6.89. The number of rotatable bonds is 14. The normalized spacial score (nSPS) is 11.5. The molecule has 30 heavy (non-hydrogen) atoms. The summed E-state index contributed by atoms with van der Waals surface area (Å²) in [5, 5.41) is 10.3. The van der Waals surface area contributed by atoms with Crippen molar-refractivity contribution in [3.63, 3.8) is 0 Å². The summed E-state index contributed by atoms with van der Waals surface area (Å²) >= 11 is 0. The molecule has 166 valence electrons. The zero-order valence-electron chi connectivity index (χ0n) is 17.8. The molecule has 0 heterocycles. The first-order chi connectivity index (χ1) is 14.4. The van der Waals surface area contributed by atoms with E-state index in [9.17, 15) is 13.5 Å². The second-order valence-corrected chi connectivity index (χ2v) is 9.19. The number of phenols is 1. The molecule has 0 bridgehead atoms. The van der Waals surface area contributed by atoms with Gasteiger partial charge in [-0.25, -0.2) is 0 Å². The van der Waals surface area contributed by atoms with Gasteiger partial charge in [-0.05, 0) is 48.7 Å². The van der Waals surface area contributed by atoms with E-state index in [1.54, 1.807) is 12.1 Å². The smallest absolute Gasteiger partial charge is 0.294 e. The second-order valence-electron chi connectivity index (χ2n) is 7.77. The molecular weight excluding hydrogens is 400 g/mol. The molecule has 0 fully saturated rings. The van der Waals surface area contributed by atoms with Crippen molar-refractivity contribution in [1.29, 1.82) is 0 Å². The molecule has 0 amide bonds. The summed E-state index contributed by atoms with van der Waals surface area (Å²) in [5.41, 5.74) is 0.906. The van der Waals surface area contributed by atoms with Gasteiger partial charge in [0.2, 0.25) is 0 Å². The van der Waals surface area contributed by atoms with Crippen LogP contribution in [0.25, 0.3) is 0 Å². The number of hydrogen-bond acceptors (Lipinski definition) is 4.